The van der Waals surface area contributed by atoms with Gasteiger partial charge in [-0.05, 0) is 18.1 Å². The number of carboxylic acids is 1. The summed E-state index contributed by atoms with van der Waals surface area (Å²) in [6.07, 6.45) is 0. The van der Waals surface area contributed by atoms with Crippen LogP contribution in [0.1, 0.15) is 31.1 Å². The van der Waals surface area contributed by atoms with Crippen LogP contribution in [-0.4, -0.2) is 35.0 Å². The van der Waals surface area contributed by atoms with E-state index in [4.69, 9.17) is 16.7 Å². The molecule has 0 radical (unpaired) electrons. The van der Waals surface area contributed by atoms with Crippen molar-refractivity contribution >= 4 is 23.5 Å². The fraction of sp³-hybridized carbons (Fsp3) is 0.467. The Hall–Kier alpha value is -1.55. The van der Waals surface area contributed by atoms with Crippen LogP contribution >= 0.6 is 11.6 Å². The van der Waals surface area contributed by atoms with Crippen molar-refractivity contribution in [1.29, 1.82) is 0 Å². The molecule has 1 aromatic carbocycles. The number of nitrogens with zero attached hydrogens (tertiary/aromatic N) is 1. The summed E-state index contributed by atoms with van der Waals surface area (Å²) in [5, 5.41) is 9.39. The first-order chi connectivity index (χ1) is 9.32. The largest absolute Gasteiger partial charge is 0.481 e. The lowest BCUT2D eigenvalue weighted by molar-refractivity contribution is -0.141. The van der Waals surface area contributed by atoms with Crippen LogP contribution in [0.2, 0.25) is 5.02 Å². The number of benzene rings is 1. The number of halogens is 1. The van der Waals surface area contributed by atoms with Crippen molar-refractivity contribution in [2.24, 2.45) is 11.8 Å². The Labute approximate surface area is 124 Å². The number of carbonyl (C=O) groups is 2. The molecule has 0 aliphatic carbocycles. The maximum atomic E-state index is 12.5. The first-order valence-electron chi connectivity index (χ1n) is 6.59. The minimum Gasteiger partial charge on any atom is -0.481 e. The molecule has 1 amide bonds. The summed E-state index contributed by atoms with van der Waals surface area (Å²) in [6, 6.07) is 6.81. The Kier molecular flexibility index (Phi) is 6.02. The topological polar surface area (TPSA) is 57.6 Å². The quantitative estimate of drug-likeness (QED) is 0.877. The van der Waals surface area contributed by atoms with Crippen molar-refractivity contribution in [3.63, 3.8) is 0 Å². The number of hydrogen-bond donors (Lipinski definition) is 1. The van der Waals surface area contributed by atoms with Crippen molar-refractivity contribution in [2.75, 3.05) is 13.1 Å². The number of hydrogen-bond acceptors (Lipinski definition) is 2. The predicted molar refractivity (Wildman–Crippen MR) is 79.0 cm³/mol. The molecule has 1 aromatic rings. The highest BCUT2D eigenvalue weighted by Gasteiger charge is 2.23. The van der Waals surface area contributed by atoms with Gasteiger partial charge in [-0.3, -0.25) is 9.59 Å². The van der Waals surface area contributed by atoms with Crippen LogP contribution in [0, 0.1) is 11.8 Å². The highest BCUT2D eigenvalue weighted by molar-refractivity contribution is 6.33. The van der Waals surface area contributed by atoms with Gasteiger partial charge >= 0.3 is 5.97 Å². The van der Waals surface area contributed by atoms with Crippen LogP contribution < -0.4 is 0 Å². The smallest absolute Gasteiger partial charge is 0.308 e. The van der Waals surface area contributed by atoms with E-state index in [2.05, 4.69) is 0 Å². The minimum atomic E-state index is -0.911. The van der Waals surface area contributed by atoms with Gasteiger partial charge in [0.25, 0.3) is 5.91 Å². The molecule has 1 N–H and O–H groups in total. The maximum Gasteiger partial charge on any atom is 0.308 e. The van der Waals surface area contributed by atoms with Crippen LogP contribution in [0.15, 0.2) is 24.3 Å². The Balaban J connectivity index is 2.95. The molecule has 0 aliphatic rings. The molecular weight excluding hydrogens is 278 g/mol. The third-order valence-corrected chi connectivity index (χ3v) is 3.22. The molecule has 5 heteroatoms. The first kappa shape index (κ1) is 16.5. The molecule has 20 heavy (non-hydrogen) atoms. The third-order valence-electron chi connectivity index (χ3n) is 2.89. The van der Waals surface area contributed by atoms with Crippen LogP contribution in [0.25, 0.3) is 0 Å². The molecule has 0 bridgehead atoms. The fourth-order valence-corrected chi connectivity index (χ4v) is 2.11. The Morgan fingerprint density at radius 3 is 2.30 bits per heavy atom. The van der Waals surface area contributed by atoms with Gasteiger partial charge in [-0.1, -0.05) is 44.5 Å². The van der Waals surface area contributed by atoms with Gasteiger partial charge in [0.2, 0.25) is 0 Å². The van der Waals surface area contributed by atoms with Crippen molar-refractivity contribution in [1.82, 2.24) is 4.90 Å². The summed E-state index contributed by atoms with van der Waals surface area (Å²) >= 11 is 6.04. The summed E-state index contributed by atoms with van der Waals surface area (Å²) in [6.45, 7) is 6.24. The molecule has 0 fully saturated rings. The van der Waals surface area contributed by atoms with Crippen LogP contribution in [0.3, 0.4) is 0 Å². The predicted octanol–water partition coefficient (Wildman–Crippen LogP) is 3.16. The van der Waals surface area contributed by atoms with Crippen molar-refractivity contribution < 1.29 is 14.7 Å². The summed E-state index contributed by atoms with van der Waals surface area (Å²) in [5.74, 6) is -1.49. The second kappa shape index (κ2) is 7.29. The highest BCUT2D eigenvalue weighted by Crippen LogP contribution is 2.18. The van der Waals surface area contributed by atoms with E-state index < -0.39 is 11.9 Å². The highest BCUT2D eigenvalue weighted by atomic mass is 35.5. The molecule has 0 heterocycles. The van der Waals surface area contributed by atoms with Gasteiger partial charge in [-0.2, -0.15) is 0 Å². The van der Waals surface area contributed by atoms with E-state index in [1.165, 1.54) is 0 Å². The summed E-state index contributed by atoms with van der Waals surface area (Å²) in [4.78, 5) is 25.1. The maximum absolute atomic E-state index is 12.5. The van der Waals surface area contributed by atoms with Crippen molar-refractivity contribution in [3.05, 3.63) is 34.9 Å². The van der Waals surface area contributed by atoms with Gasteiger partial charge in [-0.15, -0.1) is 0 Å². The molecule has 0 aliphatic heterocycles. The molecule has 110 valence electrons. The monoisotopic (exact) mass is 297 g/mol. The third kappa shape index (κ3) is 4.53. The van der Waals surface area contributed by atoms with Gasteiger partial charge < -0.3 is 10.0 Å². The second-order valence-corrected chi connectivity index (χ2v) is 5.73. The molecule has 1 atom stereocenters. The van der Waals surface area contributed by atoms with E-state index in [0.29, 0.717) is 17.1 Å². The summed E-state index contributed by atoms with van der Waals surface area (Å²) in [5.41, 5.74) is 0.410. The van der Waals surface area contributed by atoms with Crippen molar-refractivity contribution in [3.8, 4) is 0 Å². The van der Waals surface area contributed by atoms with Gasteiger partial charge in [0.05, 0.1) is 16.5 Å². The zero-order valence-electron chi connectivity index (χ0n) is 12.0. The van der Waals surface area contributed by atoms with E-state index in [-0.39, 0.29) is 18.4 Å². The van der Waals surface area contributed by atoms with E-state index in [0.717, 1.165) is 0 Å². The van der Waals surface area contributed by atoms with Gasteiger partial charge in [0.15, 0.2) is 0 Å². The van der Waals surface area contributed by atoms with Gasteiger partial charge in [0.1, 0.15) is 0 Å². The standard InChI is InChI=1S/C15H20ClNO3/c1-10(2)8-17(9-11(3)15(19)20)14(18)12-6-4-5-7-13(12)16/h4-7,10-11H,8-9H2,1-3H3,(H,19,20). The molecule has 0 saturated carbocycles. The molecule has 0 saturated heterocycles. The van der Waals surface area contributed by atoms with E-state index in [1.54, 1.807) is 36.1 Å². The van der Waals surface area contributed by atoms with E-state index in [1.807, 2.05) is 13.8 Å². The van der Waals surface area contributed by atoms with E-state index >= 15 is 0 Å². The molecule has 1 unspecified atom stereocenters. The second-order valence-electron chi connectivity index (χ2n) is 5.32. The SMILES string of the molecule is CC(C)CN(CC(C)C(=O)O)C(=O)c1ccccc1Cl. The average Bonchev–Trinajstić information content (AvgIpc) is 2.37. The zero-order valence-corrected chi connectivity index (χ0v) is 12.7. The van der Waals surface area contributed by atoms with Crippen LogP contribution in [-0.2, 0) is 4.79 Å². The molecule has 4 nitrogen and oxygen atoms in total. The number of amides is 1. The number of carboxylic acid groups (broad SMARTS) is 1. The fourth-order valence-electron chi connectivity index (χ4n) is 1.89. The Morgan fingerprint density at radius 1 is 1.20 bits per heavy atom. The number of carbonyl (C=O) groups excluding carboxylic acids is 1. The molecule has 0 aromatic heterocycles. The molecular formula is C15H20ClNO3. The van der Waals surface area contributed by atoms with Gasteiger partial charge in [0, 0.05) is 13.1 Å². The lowest BCUT2D eigenvalue weighted by atomic mass is 10.1. The minimum absolute atomic E-state index is 0.178. The number of aliphatic carboxylic acids is 1. The lowest BCUT2D eigenvalue weighted by Gasteiger charge is -2.26. The van der Waals surface area contributed by atoms with E-state index in [9.17, 15) is 9.59 Å². The van der Waals surface area contributed by atoms with Gasteiger partial charge in [-0.25, -0.2) is 0 Å². The normalized spacial score (nSPS) is 12.2. The molecule has 0 spiro atoms. The average molecular weight is 298 g/mol. The molecule has 1 rings (SSSR count). The first-order valence-corrected chi connectivity index (χ1v) is 6.97. The number of rotatable bonds is 6. The Bertz CT molecular complexity index is 488. The van der Waals surface area contributed by atoms with Crippen LogP contribution in [0.4, 0.5) is 0 Å². The van der Waals surface area contributed by atoms with Crippen LogP contribution in [0.5, 0.6) is 0 Å². The summed E-state index contributed by atoms with van der Waals surface area (Å²) < 4.78 is 0. The Morgan fingerprint density at radius 2 is 1.80 bits per heavy atom. The van der Waals surface area contributed by atoms with Crippen molar-refractivity contribution in [2.45, 2.75) is 20.8 Å². The lowest BCUT2D eigenvalue weighted by Crippen LogP contribution is -2.39. The summed E-state index contributed by atoms with van der Waals surface area (Å²) in [7, 11) is 0. The zero-order chi connectivity index (χ0) is 15.3.